The Balaban J connectivity index is 2.43. The molecular formula is C14H11F3N4O2. The number of fused-ring (bicyclic) bond motifs is 3. The van der Waals surface area contributed by atoms with Gasteiger partial charge in [0.2, 0.25) is 0 Å². The minimum absolute atomic E-state index is 0.0703. The summed E-state index contributed by atoms with van der Waals surface area (Å²) in [7, 11) is 1.21. The Bertz CT molecular complexity index is 947. The largest absolute Gasteiger partial charge is 0.464 e. The van der Waals surface area contributed by atoms with Gasteiger partial charge in [-0.25, -0.2) is 19.3 Å². The second-order valence-corrected chi connectivity index (χ2v) is 5.03. The number of alkyl halides is 3. The van der Waals surface area contributed by atoms with E-state index in [0.717, 1.165) is 10.6 Å². The van der Waals surface area contributed by atoms with Gasteiger partial charge in [-0.05, 0) is 31.5 Å². The predicted octanol–water partition coefficient (Wildman–Crippen LogP) is 2.70. The van der Waals surface area contributed by atoms with Gasteiger partial charge in [0.1, 0.15) is 5.69 Å². The van der Waals surface area contributed by atoms with Crippen molar-refractivity contribution < 1.29 is 22.7 Å². The molecule has 0 N–H and O–H groups in total. The maximum atomic E-state index is 12.9. The molecule has 3 aromatic rings. The first-order valence-corrected chi connectivity index (χ1v) is 6.55. The lowest BCUT2D eigenvalue weighted by molar-refractivity contribution is -0.141. The Hall–Kier alpha value is -2.71. The summed E-state index contributed by atoms with van der Waals surface area (Å²) in [5, 5.41) is 4.37. The van der Waals surface area contributed by atoms with E-state index in [9.17, 15) is 18.0 Å². The molecule has 0 atom stereocenters. The van der Waals surface area contributed by atoms with E-state index in [0.29, 0.717) is 16.6 Å². The number of aryl methyl sites for hydroxylation is 2. The maximum Gasteiger partial charge on any atom is 0.433 e. The van der Waals surface area contributed by atoms with Crippen LogP contribution in [0.4, 0.5) is 13.2 Å². The van der Waals surface area contributed by atoms with Gasteiger partial charge in [0.15, 0.2) is 17.0 Å². The van der Waals surface area contributed by atoms with Crippen molar-refractivity contribution in [3.63, 3.8) is 0 Å². The van der Waals surface area contributed by atoms with E-state index in [1.165, 1.54) is 20.1 Å². The molecule has 0 saturated heterocycles. The van der Waals surface area contributed by atoms with Gasteiger partial charge >= 0.3 is 12.1 Å². The van der Waals surface area contributed by atoms with Crippen molar-refractivity contribution in [2.45, 2.75) is 20.0 Å². The van der Waals surface area contributed by atoms with E-state index in [1.54, 1.807) is 6.92 Å². The molecule has 0 aliphatic carbocycles. The van der Waals surface area contributed by atoms with Gasteiger partial charge in [-0.15, -0.1) is 5.10 Å². The van der Waals surface area contributed by atoms with Gasteiger partial charge in [-0.1, -0.05) is 0 Å². The molecule has 3 rings (SSSR count). The van der Waals surface area contributed by atoms with E-state index in [-0.39, 0.29) is 17.0 Å². The molecule has 6 nitrogen and oxygen atoms in total. The summed E-state index contributed by atoms with van der Waals surface area (Å²) in [5.41, 5.74) is 0.00754. The Morgan fingerprint density at radius 1 is 1.22 bits per heavy atom. The van der Waals surface area contributed by atoms with Gasteiger partial charge in [0.25, 0.3) is 0 Å². The number of methoxy groups -OCH3 is 1. The van der Waals surface area contributed by atoms with Crippen LogP contribution in [-0.4, -0.2) is 32.7 Å². The van der Waals surface area contributed by atoms with Gasteiger partial charge in [-0.3, -0.25) is 0 Å². The minimum Gasteiger partial charge on any atom is -0.464 e. The number of pyridine rings is 1. The number of rotatable bonds is 1. The summed E-state index contributed by atoms with van der Waals surface area (Å²) < 4.78 is 44.5. The molecule has 0 fully saturated rings. The van der Waals surface area contributed by atoms with Crippen molar-refractivity contribution in [2.75, 3.05) is 7.11 Å². The third kappa shape index (κ3) is 2.37. The molecule has 0 aliphatic rings. The second-order valence-electron chi connectivity index (χ2n) is 5.03. The van der Waals surface area contributed by atoms with Crippen LogP contribution in [0.1, 0.15) is 27.4 Å². The Morgan fingerprint density at radius 2 is 1.91 bits per heavy atom. The number of hydrogen-bond acceptors (Lipinski definition) is 5. The molecule has 23 heavy (non-hydrogen) atoms. The molecule has 0 amide bonds. The highest BCUT2D eigenvalue weighted by Crippen LogP contribution is 2.31. The standard InChI is InChI=1S/C14H11F3N4O2/c1-6-4-9(14(15,16)17)19-11-10(6)12-18-7(2)5-8(13(22)23-3)21(12)20-11/h4-5H,1-3H3. The van der Waals surface area contributed by atoms with Crippen LogP contribution in [0.5, 0.6) is 0 Å². The Labute approximate surface area is 127 Å². The molecule has 0 radical (unpaired) electrons. The highest BCUT2D eigenvalue weighted by Gasteiger charge is 2.34. The molecule has 120 valence electrons. The number of hydrogen-bond donors (Lipinski definition) is 0. The van der Waals surface area contributed by atoms with Crippen LogP contribution >= 0.6 is 0 Å². The second kappa shape index (κ2) is 4.90. The maximum absolute atomic E-state index is 12.9. The SMILES string of the molecule is COC(=O)c1cc(C)nc2c3c(C)cc(C(F)(F)F)nc3nn12. The van der Waals surface area contributed by atoms with Crippen LogP contribution in [0, 0.1) is 13.8 Å². The first kappa shape index (κ1) is 15.2. The number of esters is 1. The zero-order valence-corrected chi connectivity index (χ0v) is 12.4. The third-order valence-corrected chi connectivity index (χ3v) is 3.36. The topological polar surface area (TPSA) is 69.4 Å². The van der Waals surface area contributed by atoms with Crippen LogP contribution in [0.15, 0.2) is 12.1 Å². The number of ether oxygens (including phenoxy) is 1. The van der Waals surface area contributed by atoms with E-state index in [2.05, 4.69) is 19.8 Å². The monoisotopic (exact) mass is 324 g/mol. The lowest BCUT2D eigenvalue weighted by Crippen LogP contribution is -2.10. The van der Waals surface area contributed by atoms with E-state index in [4.69, 9.17) is 0 Å². The molecule has 0 unspecified atom stereocenters. The van der Waals surface area contributed by atoms with Gasteiger partial charge in [0.05, 0.1) is 12.5 Å². The summed E-state index contributed by atoms with van der Waals surface area (Å²) in [6, 6.07) is 2.39. The predicted molar refractivity (Wildman–Crippen MR) is 74.1 cm³/mol. The molecule has 9 heteroatoms. The molecule has 3 heterocycles. The Morgan fingerprint density at radius 3 is 2.52 bits per heavy atom. The molecule has 0 spiro atoms. The van der Waals surface area contributed by atoms with Crippen LogP contribution in [0.2, 0.25) is 0 Å². The molecule has 0 aliphatic heterocycles. The quantitative estimate of drug-likeness (QED) is 0.644. The van der Waals surface area contributed by atoms with Crippen molar-refractivity contribution in [3.05, 3.63) is 34.8 Å². The van der Waals surface area contributed by atoms with Crippen LogP contribution < -0.4 is 0 Å². The highest BCUT2D eigenvalue weighted by atomic mass is 19.4. The molecular weight excluding hydrogens is 313 g/mol. The smallest absolute Gasteiger partial charge is 0.433 e. The summed E-state index contributed by atoms with van der Waals surface area (Å²) in [6.07, 6.45) is -4.58. The lowest BCUT2D eigenvalue weighted by Gasteiger charge is -2.06. The van der Waals surface area contributed by atoms with Crippen LogP contribution in [-0.2, 0) is 10.9 Å². The minimum atomic E-state index is -4.58. The zero-order valence-electron chi connectivity index (χ0n) is 12.4. The number of aromatic nitrogens is 4. The van der Waals surface area contributed by atoms with E-state index in [1.807, 2.05) is 0 Å². The molecule has 0 bridgehead atoms. The van der Waals surface area contributed by atoms with E-state index >= 15 is 0 Å². The van der Waals surface area contributed by atoms with Gasteiger partial charge < -0.3 is 4.74 Å². The fraction of sp³-hybridized carbons (Fsp3) is 0.286. The van der Waals surface area contributed by atoms with Crippen molar-refractivity contribution in [1.82, 2.24) is 19.6 Å². The average Bonchev–Trinajstić information content (AvgIpc) is 2.83. The first-order valence-electron chi connectivity index (χ1n) is 6.55. The van der Waals surface area contributed by atoms with Crippen molar-refractivity contribution >= 4 is 22.6 Å². The normalized spacial score (nSPS) is 12.1. The number of carbonyl (C=O) groups excluding carboxylic acids is 1. The summed E-state index contributed by atoms with van der Waals surface area (Å²) in [6.45, 7) is 3.18. The van der Waals surface area contributed by atoms with Crippen LogP contribution in [0.3, 0.4) is 0 Å². The molecule has 0 aromatic carbocycles. The van der Waals surface area contributed by atoms with Crippen molar-refractivity contribution in [3.8, 4) is 0 Å². The van der Waals surface area contributed by atoms with E-state index < -0.39 is 17.8 Å². The third-order valence-electron chi connectivity index (χ3n) is 3.36. The molecule has 0 saturated carbocycles. The van der Waals surface area contributed by atoms with Gasteiger partial charge in [0, 0.05) is 5.69 Å². The van der Waals surface area contributed by atoms with Crippen molar-refractivity contribution in [2.24, 2.45) is 0 Å². The zero-order chi connectivity index (χ0) is 16.9. The number of nitrogens with zero attached hydrogens (tertiary/aromatic N) is 4. The Kier molecular flexibility index (Phi) is 3.24. The number of halogens is 3. The van der Waals surface area contributed by atoms with Crippen LogP contribution in [0.25, 0.3) is 16.7 Å². The summed E-state index contributed by atoms with van der Waals surface area (Å²) in [5.74, 6) is -0.665. The van der Waals surface area contributed by atoms with Gasteiger partial charge in [-0.2, -0.15) is 13.2 Å². The summed E-state index contributed by atoms with van der Waals surface area (Å²) in [4.78, 5) is 19.7. The first-order chi connectivity index (χ1) is 10.7. The average molecular weight is 324 g/mol. The summed E-state index contributed by atoms with van der Waals surface area (Å²) >= 11 is 0. The fourth-order valence-electron chi connectivity index (χ4n) is 2.38. The highest BCUT2D eigenvalue weighted by molar-refractivity contribution is 5.96. The fourth-order valence-corrected chi connectivity index (χ4v) is 2.38. The van der Waals surface area contributed by atoms with Crippen molar-refractivity contribution in [1.29, 1.82) is 0 Å². The lowest BCUT2D eigenvalue weighted by atomic mass is 10.1. The molecule has 3 aromatic heterocycles. The number of carbonyl (C=O) groups is 1.